The number of esters is 1. The zero-order chi connectivity index (χ0) is 19.5. The van der Waals surface area contributed by atoms with Crippen LogP contribution >= 0.6 is 11.8 Å². The third kappa shape index (κ3) is 3.80. The van der Waals surface area contributed by atoms with Gasteiger partial charge in [0.05, 0.1) is 17.0 Å². The van der Waals surface area contributed by atoms with Gasteiger partial charge in [0, 0.05) is 28.6 Å². The van der Waals surface area contributed by atoms with Gasteiger partial charge in [-0.2, -0.15) is 0 Å². The monoisotopic (exact) mass is 393 g/mol. The van der Waals surface area contributed by atoms with Crippen LogP contribution in [0.4, 0.5) is 0 Å². The predicted octanol–water partition coefficient (Wildman–Crippen LogP) is 4.59. The van der Waals surface area contributed by atoms with Crippen molar-refractivity contribution in [2.24, 2.45) is 0 Å². The second kappa shape index (κ2) is 7.90. The van der Waals surface area contributed by atoms with Crippen LogP contribution in [0.1, 0.15) is 33.1 Å². The van der Waals surface area contributed by atoms with Gasteiger partial charge in [0.25, 0.3) is 0 Å². The molecule has 0 spiro atoms. The van der Waals surface area contributed by atoms with Crippen LogP contribution in [0.2, 0.25) is 0 Å². The van der Waals surface area contributed by atoms with Crippen molar-refractivity contribution in [3.8, 4) is 0 Å². The summed E-state index contributed by atoms with van der Waals surface area (Å²) in [5.74, 6) is 1.12. The van der Waals surface area contributed by atoms with Crippen LogP contribution in [-0.2, 0) is 17.1 Å². The van der Waals surface area contributed by atoms with Gasteiger partial charge in [-0.1, -0.05) is 23.4 Å². The lowest BCUT2D eigenvalue weighted by atomic mass is 10.2. The van der Waals surface area contributed by atoms with Crippen LogP contribution in [0, 0.1) is 13.8 Å². The number of ether oxygens (including phenoxy) is 1. The van der Waals surface area contributed by atoms with E-state index in [1.165, 1.54) is 0 Å². The number of hydrogen-bond donors (Lipinski definition) is 0. The number of pyridine rings is 1. The Labute approximate surface area is 166 Å². The molecular formula is C21H19N3O3S. The highest BCUT2D eigenvalue weighted by molar-refractivity contribution is 7.98. The van der Waals surface area contributed by atoms with Gasteiger partial charge >= 0.3 is 5.97 Å². The first kappa shape index (κ1) is 18.3. The second-order valence-corrected chi connectivity index (χ2v) is 7.38. The van der Waals surface area contributed by atoms with Crippen molar-refractivity contribution in [1.82, 2.24) is 14.5 Å². The van der Waals surface area contributed by atoms with Crippen LogP contribution in [0.15, 0.2) is 64.3 Å². The summed E-state index contributed by atoms with van der Waals surface area (Å²) < 4.78 is 12.6. The van der Waals surface area contributed by atoms with E-state index in [0.717, 1.165) is 27.6 Å². The fourth-order valence-electron chi connectivity index (χ4n) is 2.89. The molecule has 0 aliphatic carbocycles. The molecule has 0 fully saturated rings. The Morgan fingerprint density at radius 2 is 2.00 bits per heavy atom. The molecule has 0 saturated heterocycles. The Kier molecular flexibility index (Phi) is 5.16. The lowest BCUT2D eigenvalue weighted by molar-refractivity contribution is 0.0464. The summed E-state index contributed by atoms with van der Waals surface area (Å²) >= 11 is 1.57. The average Bonchev–Trinajstić information content (AvgIpc) is 3.27. The maximum atomic E-state index is 12.6. The van der Waals surface area contributed by atoms with Gasteiger partial charge in [0.15, 0.2) is 0 Å². The first-order valence-electron chi connectivity index (χ1n) is 8.85. The van der Waals surface area contributed by atoms with E-state index in [1.807, 2.05) is 67.0 Å². The molecule has 1 aromatic carbocycles. The van der Waals surface area contributed by atoms with Gasteiger partial charge in [-0.25, -0.2) is 9.78 Å². The van der Waals surface area contributed by atoms with E-state index in [1.54, 1.807) is 17.8 Å². The first-order chi connectivity index (χ1) is 13.6. The molecule has 0 atom stereocenters. The van der Waals surface area contributed by atoms with E-state index in [0.29, 0.717) is 17.0 Å². The molecule has 4 aromatic rings. The SMILES string of the molecule is Cc1noc(C)c1CSc1ccccc1C(=O)OCc1cn2ccccc2n1. The van der Waals surface area contributed by atoms with Crippen molar-refractivity contribution in [2.75, 3.05) is 0 Å². The maximum absolute atomic E-state index is 12.6. The minimum Gasteiger partial charge on any atom is -0.455 e. The number of hydrogen-bond acceptors (Lipinski definition) is 6. The van der Waals surface area contributed by atoms with E-state index in [9.17, 15) is 4.79 Å². The van der Waals surface area contributed by atoms with Crippen LogP contribution < -0.4 is 0 Å². The minimum absolute atomic E-state index is 0.128. The summed E-state index contributed by atoms with van der Waals surface area (Å²) in [6.45, 7) is 3.94. The van der Waals surface area contributed by atoms with Crippen molar-refractivity contribution in [1.29, 1.82) is 0 Å². The fourth-order valence-corrected chi connectivity index (χ4v) is 4.09. The molecule has 6 nitrogen and oxygen atoms in total. The molecule has 3 heterocycles. The molecule has 4 rings (SSSR count). The smallest absolute Gasteiger partial charge is 0.339 e. The lowest BCUT2D eigenvalue weighted by Crippen LogP contribution is -2.07. The summed E-state index contributed by atoms with van der Waals surface area (Å²) in [4.78, 5) is 18.0. The Bertz CT molecular complexity index is 1080. The van der Waals surface area contributed by atoms with Crippen molar-refractivity contribution in [3.05, 3.63) is 83.1 Å². The quantitative estimate of drug-likeness (QED) is 0.353. The Balaban J connectivity index is 1.45. The highest BCUT2D eigenvalue weighted by atomic mass is 32.2. The van der Waals surface area contributed by atoms with Crippen LogP contribution in [0.25, 0.3) is 5.65 Å². The number of nitrogens with zero attached hydrogens (tertiary/aromatic N) is 3. The molecule has 142 valence electrons. The van der Waals surface area contributed by atoms with Gasteiger partial charge in [-0.3, -0.25) is 0 Å². The van der Waals surface area contributed by atoms with Crippen molar-refractivity contribution in [3.63, 3.8) is 0 Å². The normalized spacial score (nSPS) is 11.1. The third-order valence-corrected chi connectivity index (χ3v) is 5.53. The predicted molar refractivity (Wildman–Crippen MR) is 106 cm³/mol. The molecule has 7 heteroatoms. The molecule has 0 N–H and O–H groups in total. The van der Waals surface area contributed by atoms with Crippen molar-refractivity contribution in [2.45, 2.75) is 31.1 Å². The lowest BCUT2D eigenvalue weighted by Gasteiger charge is -2.08. The molecule has 0 saturated carbocycles. The maximum Gasteiger partial charge on any atom is 0.339 e. The van der Waals surface area contributed by atoms with Crippen molar-refractivity contribution >= 4 is 23.4 Å². The number of benzene rings is 1. The van der Waals surface area contributed by atoms with E-state index in [2.05, 4.69) is 10.1 Å². The molecule has 28 heavy (non-hydrogen) atoms. The molecule has 0 aliphatic rings. The molecule has 0 bridgehead atoms. The Morgan fingerprint density at radius 1 is 1.18 bits per heavy atom. The van der Waals surface area contributed by atoms with E-state index < -0.39 is 0 Å². The largest absolute Gasteiger partial charge is 0.455 e. The van der Waals surface area contributed by atoms with Gasteiger partial charge in [-0.15, -0.1) is 11.8 Å². The highest BCUT2D eigenvalue weighted by Crippen LogP contribution is 2.29. The molecule has 3 aromatic heterocycles. The Morgan fingerprint density at radius 3 is 2.79 bits per heavy atom. The number of aromatic nitrogens is 3. The zero-order valence-electron chi connectivity index (χ0n) is 15.6. The second-order valence-electron chi connectivity index (χ2n) is 6.36. The number of thioether (sulfide) groups is 1. The number of imidazole rings is 1. The Hall–Kier alpha value is -3.06. The molecule has 0 aliphatic heterocycles. The number of aryl methyl sites for hydroxylation is 2. The van der Waals surface area contributed by atoms with Crippen LogP contribution in [0.5, 0.6) is 0 Å². The van der Waals surface area contributed by atoms with Gasteiger partial charge in [0.1, 0.15) is 18.0 Å². The molecule has 0 unspecified atom stereocenters. The zero-order valence-corrected chi connectivity index (χ0v) is 16.4. The number of carbonyl (C=O) groups excluding carboxylic acids is 1. The highest BCUT2D eigenvalue weighted by Gasteiger charge is 2.16. The van der Waals surface area contributed by atoms with E-state index in [-0.39, 0.29) is 12.6 Å². The summed E-state index contributed by atoms with van der Waals surface area (Å²) in [5, 5.41) is 3.98. The van der Waals surface area contributed by atoms with Gasteiger partial charge in [-0.05, 0) is 38.1 Å². The molecular weight excluding hydrogens is 374 g/mol. The minimum atomic E-state index is -0.362. The van der Waals surface area contributed by atoms with Crippen LogP contribution in [-0.4, -0.2) is 20.5 Å². The third-order valence-electron chi connectivity index (χ3n) is 4.43. The fraction of sp³-hybridized carbons (Fsp3) is 0.190. The van der Waals surface area contributed by atoms with Crippen LogP contribution in [0.3, 0.4) is 0 Å². The number of rotatable bonds is 6. The van der Waals surface area contributed by atoms with Gasteiger partial charge in [0.2, 0.25) is 0 Å². The average molecular weight is 393 g/mol. The molecule has 0 radical (unpaired) electrons. The summed E-state index contributed by atoms with van der Waals surface area (Å²) in [6.07, 6.45) is 3.77. The van der Waals surface area contributed by atoms with E-state index >= 15 is 0 Å². The molecule has 0 amide bonds. The standard InChI is InChI=1S/C21H19N3O3S/c1-14-18(15(2)27-23-14)13-28-19-8-4-3-7-17(19)21(25)26-12-16-11-24-10-6-5-9-20(24)22-16/h3-11H,12-13H2,1-2H3. The number of fused-ring (bicyclic) bond motifs is 1. The van der Waals surface area contributed by atoms with Gasteiger partial charge < -0.3 is 13.7 Å². The first-order valence-corrected chi connectivity index (χ1v) is 9.83. The summed E-state index contributed by atoms with van der Waals surface area (Å²) in [7, 11) is 0. The summed E-state index contributed by atoms with van der Waals surface area (Å²) in [5.41, 5.74) is 4.00. The van der Waals surface area contributed by atoms with Crippen molar-refractivity contribution < 1.29 is 14.1 Å². The number of carbonyl (C=O) groups is 1. The topological polar surface area (TPSA) is 69.6 Å². The van der Waals surface area contributed by atoms with E-state index in [4.69, 9.17) is 9.26 Å². The summed E-state index contributed by atoms with van der Waals surface area (Å²) in [6, 6.07) is 13.2.